The number of ether oxygens (including phenoxy) is 1. The number of nitrogens with two attached hydrogens (primary N) is 1. The molecule has 2 rings (SSSR count). The van der Waals surface area contributed by atoms with Crippen LogP contribution in [0.5, 0.6) is 5.88 Å². The second-order valence-electron chi connectivity index (χ2n) is 3.08. The lowest BCUT2D eigenvalue weighted by Crippen LogP contribution is -2.10. The maximum absolute atomic E-state index is 13.5. The van der Waals surface area contributed by atoms with Crippen molar-refractivity contribution in [2.45, 2.75) is 4.90 Å². The van der Waals surface area contributed by atoms with Crippen molar-refractivity contribution in [1.82, 2.24) is 5.16 Å². The van der Waals surface area contributed by atoms with Crippen LogP contribution in [0.3, 0.4) is 0 Å². The molecule has 1 heterocycles. The van der Waals surface area contributed by atoms with Crippen LogP contribution in [0.25, 0.3) is 11.0 Å². The van der Waals surface area contributed by atoms with Gasteiger partial charge in [0.25, 0.3) is 5.88 Å². The van der Waals surface area contributed by atoms with Gasteiger partial charge in [0.1, 0.15) is 17.8 Å². The highest BCUT2D eigenvalue weighted by molar-refractivity contribution is 7.98. The number of aromatic nitrogens is 1. The molecule has 4 nitrogen and oxygen atoms in total. The third kappa shape index (κ3) is 1.85. The molecule has 6 heteroatoms. The average molecular weight is 242 g/mol. The first-order valence-electron chi connectivity index (χ1n) is 4.72. The van der Waals surface area contributed by atoms with Gasteiger partial charge in [0.05, 0.1) is 4.90 Å². The van der Waals surface area contributed by atoms with E-state index >= 15 is 0 Å². The molecule has 0 atom stereocenters. The number of benzene rings is 1. The van der Waals surface area contributed by atoms with Crippen LogP contribution >= 0.6 is 11.8 Å². The van der Waals surface area contributed by atoms with Crippen molar-refractivity contribution >= 4 is 22.7 Å². The van der Waals surface area contributed by atoms with Crippen LogP contribution < -0.4 is 10.5 Å². The van der Waals surface area contributed by atoms with E-state index in [2.05, 4.69) is 5.16 Å². The lowest BCUT2D eigenvalue weighted by atomic mass is 10.2. The Labute approximate surface area is 95.9 Å². The summed E-state index contributed by atoms with van der Waals surface area (Å²) in [6.07, 6.45) is 1.79. The van der Waals surface area contributed by atoms with Crippen molar-refractivity contribution in [2.24, 2.45) is 5.73 Å². The molecule has 0 fully saturated rings. The summed E-state index contributed by atoms with van der Waals surface area (Å²) in [5, 5.41) is 4.32. The Morgan fingerprint density at radius 1 is 1.56 bits per heavy atom. The van der Waals surface area contributed by atoms with E-state index < -0.39 is 0 Å². The molecule has 2 N–H and O–H groups in total. The van der Waals surface area contributed by atoms with Crippen LogP contribution in [0.15, 0.2) is 21.6 Å². The lowest BCUT2D eigenvalue weighted by Gasteiger charge is -2.03. The Hall–Kier alpha value is -1.27. The molecule has 16 heavy (non-hydrogen) atoms. The SMILES string of the molecule is CSc1c(F)ccc2onc(OCCN)c12. The molecular formula is C10H11FN2O2S. The summed E-state index contributed by atoms with van der Waals surface area (Å²) in [6.45, 7) is 0.699. The van der Waals surface area contributed by atoms with Crippen molar-refractivity contribution in [3.8, 4) is 5.88 Å². The second kappa shape index (κ2) is 4.71. The maximum atomic E-state index is 13.5. The molecule has 2 aromatic rings. The number of rotatable bonds is 4. The molecular weight excluding hydrogens is 231 g/mol. The van der Waals surface area contributed by atoms with Gasteiger partial charge in [-0.05, 0) is 23.5 Å². The quantitative estimate of drug-likeness (QED) is 0.831. The van der Waals surface area contributed by atoms with Gasteiger partial charge in [0.15, 0.2) is 5.58 Å². The predicted molar refractivity (Wildman–Crippen MR) is 60.3 cm³/mol. The van der Waals surface area contributed by atoms with Crippen LogP contribution in [-0.2, 0) is 0 Å². The van der Waals surface area contributed by atoms with Crippen molar-refractivity contribution < 1.29 is 13.7 Å². The zero-order valence-electron chi connectivity index (χ0n) is 8.70. The molecule has 0 saturated carbocycles. The topological polar surface area (TPSA) is 61.3 Å². The second-order valence-corrected chi connectivity index (χ2v) is 3.90. The molecule has 86 valence electrons. The number of thioether (sulfide) groups is 1. The summed E-state index contributed by atoms with van der Waals surface area (Å²) in [4.78, 5) is 0.478. The van der Waals surface area contributed by atoms with E-state index in [1.54, 1.807) is 6.26 Å². The Morgan fingerprint density at radius 3 is 3.06 bits per heavy atom. The maximum Gasteiger partial charge on any atom is 0.263 e. The normalized spacial score (nSPS) is 10.9. The minimum atomic E-state index is -0.305. The van der Waals surface area contributed by atoms with Crippen LogP contribution in [0.4, 0.5) is 4.39 Å². The van der Waals surface area contributed by atoms with E-state index in [-0.39, 0.29) is 5.82 Å². The monoisotopic (exact) mass is 242 g/mol. The Kier molecular flexibility index (Phi) is 3.31. The molecule has 0 aliphatic heterocycles. The average Bonchev–Trinajstić information content (AvgIpc) is 2.70. The van der Waals surface area contributed by atoms with Crippen molar-refractivity contribution in [2.75, 3.05) is 19.4 Å². The van der Waals surface area contributed by atoms with Crippen LogP contribution in [0.2, 0.25) is 0 Å². The highest BCUT2D eigenvalue weighted by atomic mass is 32.2. The minimum Gasteiger partial charge on any atom is -0.474 e. The Morgan fingerprint density at radius 2 is 2.38 bits per heavy atom. The molecule has 1 aromatic carbocycles. The van der Waals surface area contributed by atoms with Gasteiger partial charge in [-0.2, -0.15) is 0 Å². The molecule has 0 unspecified atom stereocenters. The van der Waals surface area contributed by atoms with Gasteiger partial charge >= 0.3 is 0 Å². The van der Waals surface area contributed by atoms with Gasteiger partial charge in [-0.25, -0.2) is 4.39 Å². The first kappa shape index (κ1) is 11.2. The van der Waals surface area contributed by atoms with E-state index in [9.17, 15) is 4.39 Å². The fourth-order valence-corrected chi connectivity index (χ4v) is 2.06. The number of fused-ring (bicyclic) bond motifs is 1. The van der Waals surface area contributed by atoms with Crippen molar-refractivity contribution in [3.63, 3.8) is 0 Å². The van der Waals surface area contributed by atoms with Crippen molar-refractivity contribution in [3.05, 3.63) is 17.9 Å². The van der Waals surface area contributed by atoms with Crippen LogP contribution in [0.1, 0.15) is 0 Å². The highest BCUT2D eigenvalue weighted by Crippen LogP contribution is 2.35. The number of nitrogens with zero attached hydrogens (tertiary/aromatic N) is 1. The molecule has 0 bridgehead atoms. The van der Waals surface area contributed by atoms with Gasteiger partial charge in [-0.15, -0.1) is 11.8 Å². The van der Waals surface area contributed by atoms with Crippen molar-refractivity contribution in [1.29, 1.82) is 0 Å². The minimum absolute atomic E-state index is 0.296. The number of hydrogen-bond acceptors (Lipinski definition) is 5. The Bertz CT molecular complexity index is 501. The zero-order valence-corrected chi connectivity index (χ0v) is 9.51. The fourth-order valence-electron chi connectivity index (χ4n) is 1.41. The van der Waals surface area contributed by atoms with Gasteiger partial charge in [0, 0.05) is 6.54 Å². The van der Waals surface area contributed by atoms with E-state index in [4.69, 9.17) is 15.0 Å². The molecule has 1 aromatic heterocycles. The molecule has 0 spiro atoms. The predicted octanol–water partition coefficient (Wildman–Crippen LogP) is 2.03. The summed E-state index contributed by atoms with van der Waals surface area (Å²) in [5.41, 5.74) is 5.84. The fraction of sp³-hybridized carbons (Fsp3) is 0.300. The number of hydrogen-bond donors (Lipinski definition) is 1. The molecule has 0 aliphatic rings. The molecule has 0 aliphatic carbocycles. The van der Waals surface area contributed by atoms with Crippen LogP contribution in [0, 0.1) is 5.82 Å². The zero-order chi connectivity index (χ0) is 11.5. The third-order valence-corrected chi connectivity index (χ3v) is 2.88. The summed E-state index contributed by atoms with van der Waals surface area (Å²) in [7, 11) is 0. The van der Waals surface area contributed by atoms with E-state index in [0.717, 1.165) is 0 Å². The van der Waals surface area contributed by atoms with Gasteiger partial charge < -0.3 is 15.0 Å². The number of halogens is 1. The first-order chi connectivity index (χ1) is 7.77. The standard InChI is InChI=1S/C10H11FN2O2S/c1-16-9-6(11)2-3-7-8(9)10(13-15-7)14-5-4-12/h2-3H,4-5,12H2,1H3. The summed E-state index contributed by atoms with van der Waals surface area (Å²) >= 11 is 1.29. The highest BCUT2D eigenvalue weighted by Gasteiger charge is 2.16. The Balaban J connectivity index is 2.54. The summed E-state index contributed by atoms with van der Waals surface area (Å²) < 4.78 is 23.9. The van der Waals surface area contributed by atoms with E-state index in [1.807, 2.05) is 0 Å². The summed E-state index contributed by atoms with van der Waals surface area (Å²) in [6, 6.07) is 2.89. The summed E-state index contributed by atoms with van der Waals surface area (Å²) in [5.74, 6) is -0.00917. The molecule has 0 saturated heterocycles. The van der Waals surface area contributed by atoms with Crippen LogP contribution in [-0.4, -0.2) is 24.6 Å². The van der Waals surface area contributed by atoms with Gasteiger partial charge in [-0.1, -0.05) is 0 Å². The van der Waals surface area contributed by atoms with Gasteiger partial charge in [0.2, 0.25) is 0 Å². The van der Waals surface area contributed by atoms with E-state index in [0.29, 0.717) is 34.9 Å². The smallest absolute Gasteiger partial charge is 0.263 e. The van der Waals surface area contributed by atoms with Gasteiger partial charge in [-0.3, -0.25) is 0 Å². The first-order valence-corrected chi connectivity index (χ1v) is 5.95. The third-order valence-electron chi connectivity index (χ3n) is 2.07. The lowest BCUT2D eigenvalue weighted by molar-refractivity contribution is 0.292. The van der Waals surface area contributed by atoms with E-state index in [1.165, 1.54) is 23.9 Å². The molecule has 0 radical (unpaired) electrons. The largest absolute Gasteiger partial charge is 0.474 e. The molecule has 0 amide bonds.